The third-order valence-corrected chi connectivity index (χ3v) is 4.86. The number of phenols is 2. The minimum absolute atomic E-state index is 0.175. The molecular weight excluding hydrogens is 402 g/mol. The van der Waals surface area contributed by atoms with Gasteiger partial charge in [-0.2, -0.15) is 5.10 Å². The summed E-state index contributed by atoms with van der Waals surface area (Å²) >= 11 is 4.94. The number of para-hydroxylation sites is 1. The lowest BCUT2D eigenvalue weighted by Gasteiger charge is -2.05. The molecule has 3 aromatic rings. The number of benzene rings is 2. The molecule has 1 aromatic heterocycles. The summed E-state index contributed by atoms with van der Waals surface area (Å²) in [6.45, 7) is 2.61. The molecule has 0 amide bonds. The number of nitrogens with zero attached hydrogens (tertiary/aromatic N) is 3. The number of halogens is 1. The van der Waals surface area contributed by atoms with E-state index in [4.69, 9.17) is 0 Å². The van der Waals surface area contributed by atoms with Crippen molar-refractivity contribution in [1.29, 1.82) is 0 Å². The lowest BCUT2D eigenvalue weighted by atomic mass is 10.2. The molecule has 0 saturated carbocycles. The van der Waals surface area contributed by atoms with Gasteiger partial charge in [0.25, 0.3) is 0 Å². The first-order valence-electron chi connectivity index (χ1n) is 7.62. The molecule has 25 heavy (non-hydrogen) atoms. The molecule has 0 atom stereocenters. The third kappa shape index (κ3) is 3.83. The lowest BCUT2D eigenvalue weighted by Crippen LogP contribution is -2.12. The largest absolute Gasteiger partial charge is 0.504 e. The Morgan fingerprint density at radius 1 is 1.16 bits per heavy atom. The van der Waals surface area contributed by atoms with Crippen LogP contribution in [0, 0.1) is 0 Å². The van der Waals surface area contributed by atoms with E-state index in [1.807, 2.05) is 36.6 Å². The molecular formula is C18H16BrN3O2S. The molecule has 0 radical (unpaired) electrons. The van der Waals surface area contributed by atoms with Crippen molar-refractivity contribution in [2.75, 3.05) is 6.54 Å². The Kier molecular flexibility index (Phi) is 5.35. The highest BCUT2D eigenvalue weighted by molar-refractivity contribution is 9.10. The van der Waals surface area contributed by atoms with E-state index < -0.39 is 0 Å². The smallest absolute Gasteiger partial charge is 0.206 e. The number of hydrogen-bond acceptors (Lipinski definition) is 5. The third-order valence-electron chi connectivity index (χ3n) is 3.48. The molecule has 7 heteroatoms. The molecule has 0 aliphatic rings. The Bertz CT molecular complexity index is 975. The van der Waals surface area contributed by atoms with Crippen molar-refractivity contribution in [3.8, 4) is 22.8 Å². The van der Waals surface area contributed by atoms with Crippen molar-refractivity contribution in [2.45, 2.75) is 6.92 Å². The summed E-state index contributed by atoms with van der Waals surface area (Å²) in [4.78, 5) is 5.23. The van der Waals surface area contributed by atoms with E-state index in [9.17, 15) is 10.2 Å². The minimum atomic E-state index is -0.193. The molecule has 0 spiro atoms. The van der Waals surface area contributed by atoms with Crippen LogP contribution in [0.5, 0.6) is 11.5 Å². The summed E-state index contributed by atoms with van der Waals surface area (Å²) in [5.41, 5.74) is 2.35. The normalized spacial score (nSPS) is 12.2. The molecule has 1 heterocycles. The first-order valence-corrected chi connectivity index (χ1v) is 9.29. The van der Waals surface area contributed by atoms with Crippen LogP contribution >= 0.6 is 27.3 Å². The van der Waals surface area contributed by atoms with E-state index in [2.05, 4.69) is 26.0 Å². The van der Waals surface area contributed by atoms with Crippen LogP contribution in [0.3, 0.4) is 0 Å². The molecule has 0 aliphatic heterocycles. The Labute approximate surface area is 157 Å². The van der Waals surface area contributed by atoms with Crippen LogP contribution < -0.4 is 4.80 Å². The minimum Gasteiger partial charge on any atom is -0.504 e. The second kappa shape index (κ2) is 7.67. The number of hydrogen-bond donors (Lipinski definition) is 2. The molecule has 0 fully saturated rings. The summed E-state index contributed by atoms with van der Waals surface area (Å²) in [6, 6.07) is 12.7. The van der Waals surface area contributed by atoms with Gasteiger partial charge in [0, 0.05) is 27.5 Å². The summed E-state index contributed by atoms with van der Waals surface area (Å²) in [6.07, 6.45) is 1.51. The SMILES string of the molecule is CCN=c1scc(-c2ccc(Br)cc2)n1N=Cc1cccc(O)c1O. The van der Waals surface area contributed by atoms with Gasteiger partial charge in [-0.15, -0.1) is 11.3 Å². The van der Waals surface area contributed by atoms with Crippen molar-refractivity contribution in [2.24, 2.45) is 10.1 Å². The highest BCUT2D eigenvalue weighted by atomic mass is 79.9. The van der Waals surface area contributed by atoms with Gasteiger partial charge in [0.05, 0.1) is 11.9 Å². The Morgan fingerprint density at radius 2 is 1.92 bits per heavy atom. The average molecular weight is 418 g/mol. The van der Waals surface area contributed by atoms with Gasteiger partial charge >= 0.3 is 0 Å². The molecule has 2 aromatic carbocycles. The van der Waals surface area contributed by atoms with Gasteiger partial charge in [0.15, 0.2) is 11.5 Å². The van der Waals surface area contributed by atoms with E-state index in [-0.39, 0.29) is 11.5 Å². The van der Waals surface area contributed by atoms with E-state index in [0.29, 0.717) is 12.1 Å². The van der Waals surface area contributed by atoms with Crippen molar-refractivity contribution in [1.82, 2.24) is 4.68 Å². The zero-order valence-corrected chi connectivity index (χ0v) is 15.8. The fourth-order valence-electron chi connectivity index (χ4n) is 2.25. The van der Waals surface area contributed by atoms with Crippen LogP contribution in [0.4, 0.5) is 0 Å². The summed E-state index contributed by atoms with van der Waals surface area (Å²) in [5.74, 6) is -0.368. The van der Waals surface area contributed by atoms with Gasteiger partial charge in [-0.1, -0.05) is 34.1 Å². The van der Waals surface area contributed by atoms with Gasteiger partial charge in [-0.05, 0) is 31.2 Å². The molecule has 0 bridgehead atoms. The highest BCUT2D eigenvalue weighted by Crippen LogP contribution is 2.27. The van der Waals surface area contributed by atoms with E-state index >= 15 is 0 Å². The van der Waals surface area contributed by atoms with Crippen molar-refractivity contribution < 1.29 is 10.2 Å². The monoisotopic (exact) mass is 417 g/mol. The summed E-state index contributed by atoms with van der Waals surface area (Å²) < 4.78 is 2.74. The zero-order chi connectivity index (χ0) is 17.8. The Balaban J connectivity index is 2.09. The van der Waals surface area contributed by atoms with E-state index in [1.165, 1.54) is 23.6 Å². The predicted octanol–water partition coefficient (Wildman–Crippen LogP) is 4.19. The predicted molar refractivity (Wildman–Crippen MR) is 104 cm³/mol. The molecule has 0 unspecified atom stereocenters. The number of aromatic nitrogens is 1. The number of aromatic hydroxyl groups is 2. The summed E-state index contributed by atoms with van der Waals surface area (Å²) in [7, 11) is 0. The van der Waals surface area contributed by atoms with E-state index in [1.54, 1.807) is 16.8 Å². The second-order valence-electron chi connectivity index (χ2n) is 5.16. The van der Waals surface area contributed by atoms with Crippen molar-refractivity contribution in [3.05, 3.63) is 62.7 Å². The topological polar surface area (TPSA) is 70.1 Å². The Hall–Kier alpha value is -2.38. The number of thiazole rings is 1. The van der Waals surface area contributed by atoms with E-state index in [0.717, 1.165) is 20.5 Å². The summed E-state index contributed by atoms with van der Waals surface area (Å²) in [5, 5.41) is 26.0. The fraction of sp³-hybridized carbons (Fsp3) is 0.111. The van der Waals surface area contributed by atoms with Crippen molar-refractivity contribution in [3.63, 3.8) is 0 Å². The maximum Gasteiger partial charge on any atom is 0.206 e. The quantitative estimate of drug-likeness (QED) is 0.493. The molecule has 0 aliphatic carbocycles. The Morgan fingerprint density at radius 3 is 2.64 bits per heavy atom. The van der Waals surface area contributed by atoms with Gasteiger partial charge in [-0.3, -0.25) is 4.99 Å². The van der Waals surface area contributed by atoms with Crippen molar-refractivity contribution >= 4 is 33.5 Å². The zero-order valence-electron chi connectivity index (χ0n) is 13.4. The molecule has 2 N–H and O–H groups in total. The van der Waals surface area contributed by atoms with Crippen LogP contribution in [-0.4, -0.2) is 27.6 Å². The van der Waals surface area contributed by atoms with Crippen LogP contribution in [0.15, 0.2) is 62.4 Å². The van der Waals surface area contributed by atoms with Gasteiger partial charge in [0.1, 0.15) is 0 Å². The number of phenolic OH excluding ortho intramolecular Hbond substituents is 2. The molecule has 128 valence electrons. The molecule has 5 nitrogen and oxygen atoms in total. The lowest BCUT2D eigenvalue weighted by molar-refractivity contribution is 0.403. The molecule has 3 rings (SSSR count). The van der Waals surface area contributed by atoms with Crippen LogP contribution in [0.1, 0.15) is 12.5 Å². The maximum atomic E-state index is 9.94. The second-order valence-corrected chi connectivity index (χ2v) is 6.91. The fourth-order valence-corrected chi connectivity index (χ4v) is 3.41. The molecule has 0 saturated heterocycles. The highest BCUT2D eigenvalue weighted by Gasteiger charge is 2.08. The van der Waals surface area contributed by atoms with Crippen LogP contribution in [0.25, 0.3) is 11.3 Å². The average Bonchev–Trinajstić information content (AvgIpc) is 3.00. The van der Waals surface area contributed by atoms with Gasteiger partial charge in [-0.25, -0.2) is 4.68 Å². The van der Waals surface area contributed by atoms with Gasteiger partial charge in [0.2, 0.25) is 4.80 Å². The van der Waals surface area contributed by atoms with Crippen LogP contribution in [0.2, 0.25) is 0 Å². The maximum absolute atomic E-state index is 9.94. The first kappa shape index (κ1) is 17.4. The first-order chi connectivity index (χ1) is 12.1. The number of rotatable bonds is 4. The van der Waals surface area contributed by atoms with Crippen LogP contribution in [-0.2, 0) is 0 Å². The standard InChI is InChI=1S/C18H16BrN3O2S/c1-2-20-18-22(21-10-13-4-3-5-16(23)17(13)24)15(11-25-18)12-6-8-14(19)9-7-12/h3-11,23-24H,2H2,1H3. The van der Waals surface area contributed by atoms with Gasteiger partial charge < -0.3 is 10.2 Å².